The van der Waals surface area contributed by atoms with Gasteiger partial charge in [-0.1, -0.05) is 11.6 Å². The molecule has 2 amide bonds. The van der Waals surface area contributed by atoms with Crippen molar-refractivity contribution < 1.29 is 4.79 Å². The first-order valence-electron chi connectivity index (χ1n) is 3.88. The summed E-state index contributed by atoms with van der Waals surface area (Å²) in [6.07, 6.45) is 0. The molecule has 0 fully saturated rings. The topological polar surface area (TPSA) is 41.1 Å². The fourth-order valence-electron chi connectivity index (χ4n) is 0.952. The van der Waals surface area contributed by atoms with Crippen molar-refractivity contribution in [2.24, 2.45) is 0 Å². The molecule has 0 aromatic heterocycles. The minimum Gasteiger partial charge on any atom is -0.341 e. The van der Waals surface area contributed by atoms with Gasteiger partial charge in [0.1, 0.15) is 0 Å². The molecule has 0 aliphatic heterocycles. The summed E-state index contributed by atoms with van der Waals surface area (Å²) in [6.45, 7) is 1.89. The van der Waals surface area contributed by atoms with E-state index in [-0.39, 0.29) is 6.03 Å². The van der Waals surface area contributed by atoms with Crippen LogP contribution in [0.1, 0.15) is 5.56 Å². The van der Waals surface area contributed by atoms with Crippen LogP contribution in [0.3, 0.4) is 0 Å². The molecule has 1 aromatic carbocycles. The largest absolute Gasteiger partial charge is 0.341 e. The van der Waals surface area contributed by atoms with Crippen molar-refractivity contribution in [3.63, 3.8) is 0 Å². The highest BCUT2D eigenvalue weighted by Crippen LogP contribution is 2.19. The van der Waals surface area contributed by atoms with E-state index in [1.807, 2.05) is 6.92 Å². The zero-order chi connectivity index (χ0) is 9.84. The first-order chi connectivity index (χ1) is 6.13. The fraction of sp³-hybridized carbons (Fsp3) is 0.222. The van der Waals surface area contributed by atoms with Gasteiger partial charge in [-0.2, -0.15) is 0 Å². The van der Waals surface area contributed by atoms with Crippen molar-refractivity contribution in [3.05, 3.63) is 28.8 Å². The highest BCUT2D eigenvalue weighted by Gasteiger charge is 2.01. The zero-order valence-corrected chi connectivity index (χ0v) is 8.27. The van der Waals surface area contributed by atoms with Gasteiger partial charge in [0.2, 0.25) is 0 Å². The van der Waals surface area contributed by atoms with E-state index in [4.69, 9.17) is 11.6 Å². The highest BCUT2D eigenvalue weighted by molar-refractivity contribution is 6.30. The summed E-state index contributed by atoms with van der Waals surface area (Å²) in [5, 5.41) is 5.82. The van der Waals surface area contributed by atoms with Gasteiger partial charge in [-0.25, -0.2) is 4.79 Å². The Bertz CT molecular complexity index is 325. The number of carbonyl (C=O) groups excluding carboxylic acids is 1. The van der Waals surface area contributed by atoms with Crippen LogP contribution in [0.2, 0.25) is 5.02 Å². The lowest BCUT2D eigenvalue weighted by atomic mass is 10.2. The second-order valence-electron chi connectivity index (χ2n) is 2.66. The molecule has 3 nitrogen and oxygen atoms in total. The maximum atomic E-state index is 11.0. The molecule has 0 heterocycles. The monoisotopic (exact) mass is 198 g/mol. The Kier molecular flexibility index (Phi) is 3.14. The number of amides is 2. The second kappa shape index (κ2) is 4.14. The van der Waals surface area contributed by atoms with Crippen LogP contribution in [0.5, 0.6) is 0 Å². The molecule has 0 aliphatic carbocycles. The normalized spacial score (nSPS) is 9.46. The molecule has 1 aromatic rings. The average Bonchev–Trinajstić information content (AvgIpc) is 2.09. The van der Waals surface area contributed by atoms with Gasteiger partial charge in [-0.05, 0) is 30.7 Å². The molecular weight excluding hydrogens is 188 g/mol. The molecule has 4 heteroatoms. The van der Waals surface area contributed by atoms with Gasteiger partial charge in [0.05, 0.1) is 0 Å². The Hall–Kier alpha value is -1.22. The van der Waals surface area contributed by atoms with Gasteiger partial charge in [0, 0.05) is 17.8 Å². The third-order valence-electron chi connectivity index (χ3n) is 1.66. The second-order valence-corrected chi connectivity index (χ2v) is 3.10. The Morgan fingerprint density at radius 2 is 2.15 bits per heavy atom. The van der Waals surface area contributed by atoms with Crippen molar-refractivity contribution in [2.45, 2.75) is 6.92 Å². The van der Waals surface area contributed by atoms with E-state index in [2.05, 4.69) is 10.6 Å². The molecule has 0 saturated carbocycles. The van der Waals surface area contributed by atoms with Crippen molar-refractivity contribution in [2.75, 3.05) is 12.4 Å². The summed E-state index contributed by atoms with van der Waals surface area (Å²) in [4.78, 5) is 11.0. The van der Waals surface area contributed by atoms with Crippen molar-refractivity contribution in [3.8, 4) is 0 Å². The van der Waals surface area contributed by atoms with Gasteiger partial charge < -0.3 is 10.6 Å². The van der Waals surface area contributed by atoms with E-state index in [1.54, 1.807) is 25.2 Å². The van der Waals surface area contributed by atoms with Crippen LogP contribution in [-0.2, 0) is 0 Å². The molecule has 1 rings (SSSR count). The van der Waals surface area contributed by atoms with E-state index in [0.717, 1.165) is 11.3 Å². The van der Waals surface area contributed by atoms with Crippen LogP contribution in [0.25, 0.3) is 0 Å². The summed E-state index contributed by atoms with van der Waals surface area (Å²) >= 11 is 5.76. The molecule has 0 bridgehead atoms. The summed E-state index contributed by atoms with van der Waals surface area (Å²) in [6, 6.07) is 5.07. The van der Waals surface area contributed by atoms with Crippen LogP contribution in [0.15, 0.2) is 18.2 Å². The first-order valence-corrected chi connectivity index (χ1v) is 4.26. The molecule has 0 unspecified atom stereocenters. The van der Waals surface area contributed by atoms with Crippen LogP contribution in [0, 0.1) is 6.92 Å². The third-order valence-corrected chi connectivity index (χ3v) is 1.90. The van der Waals surface area contributed by atoms with Gasteiger partial charge in [0.25, 0.3) is 0 Å². The molecule has 70 valence electrons. The Morgan fingerprint density at radius 1 is 1.46 bits per heavy atom. The summed E-state index contributed by atoms with van der Waals surface area (Å²) < 4.78 is 0. The summed E-state index contributed by atoms with van der Waals surface area (Å²) in [5.74, 6) is 0. The average molecular weight is 199 g/mol. The maximum Gasteiger partial charge on any atom is 0.318 e. The zero-order valence-electron chi connectivity index (χ0n) is 7.52. The summed E-state index contributed by atoms with van der Waals surface area (Å²) in [5.41, 5.74) is 1.71. The molecule has 2 N–H and O–H groups in total. The van der Waals surface area contributed by atoms with Crippen LogP contribution < -0.4 is 10.6 Å². The number of rotatable bonds is 1. The Labute approximate surface area is 82.1 Å². The predicted molar refractivity (Wildman–Crippen MR) is 54.3 cm³/mol. The lowest BCUT2D eigenvalue weighted by molar-refractivity contribution is 0.254. The standard InChI is InChI=1S/C9H11ClN2O/c1-6-5-7(10)3-4-8(6)12-9(13)11-2/h3-5H,1-2H3,(H2,11,12,13). The van der Waals surface area contributed by atoms with Gasteiger partial charge in [-0.15, -0.1) is 0 Å². The smallest absolute Gasteiger partial charge is 0.318 e. The van der Waals surface area contributed by atoms with Crippen LogP contribution in [-0.4, -0.2) is 13.1 Å². The molecule has 0 radical (unpaired) electrons. The maximum absolute atomic E-state index is 11.0. The number of hydrogen-bond acceptors (Lipinski definition) is 1. The van der Waals surface area contributed by atoms with Crippen molar-refractivity contribution >= 4 is 23.3 Å². The number of hydrogen-bond donors (Lipinski definition) is 2. The molecule has 0 aliphatic rings. The number of benzene rings is 1. The Morgan fingerprint density at radius 3 is 2.69 bits per heavy atom. The number of carbonyl (C=O) groups is 1. The van der Waals surface area contributed by atoms with Crippen LogP contribution in [0.4, 0.5) is 10.5 Å². The van der Waals surface area contributed by atoms with Gasteiger partial charge in [0.15, 0.2) is 0 Å². The number of anilines is 1. The lowest BCUT2D eigenvalue weighted by Crippen LogP contribution is -2.24. The minimum absolute atomic E-state index is 0.231. The molecular formula is C9H11ClN2O. The number of urea groups is 1. The fourth-order valence-corrected chi connectivity index (χ4v) is 1.18. The van der Waals surface area contributed by atoms with Crippen molar-refractivity contribution in [1.82, 2.24) is 5.32 Å². The van der Waals surface area contributed by atoms with E-state index < -0.39 is 0 Å². The summed E-state index contributed by atoms with van der Waals surface area (Å²) in [7, 11) is 1.57. The molecule has 0 spiro atoms. The first kappa shape index (κ1) is 9.86. The lowest BCUT2D eigenvalue weighted by Gasteiger charge is -2.07. The SMILES string of the molecule is CNC(=O)Nc1ccc(Cl)cc1C. The van der Waals surface area contributed by atoms with E-state index in [1.165, 1.54) is 0 Å². The Balaban J connectivity index is 2.83. The predicted octanol–water partition coefficient (Wildman–Crippen LogP) is 2.40. The van der Waals surface area contributed by atoms with Gasteiger partial charge >= 0.3 is 6.03 Å². The highest BCUT2D eigenvalue weighted by atomic mass is 35.5. The van der Waals surface area contributed by atoms with E-state index >= 15 is 0 Å². The quantitative estimate of drug-likeness (QED) is 0.715. The van der Waals surface area contributed by atoms with Crippen molar-refractivity contribution in [1.29, 1.82) is 0 Å². The number of halogens is 1. The van der Waals surface area contributed by atoms with E-state index in [9.17, 15) is 4.79 Å². The molecule has 13 heavy (non-hydrogen) atoms. The molecule has 0 saturated heterocycles. The minimum atomic E-state index is -0.231. The van der Waals surface area contributed by atoms with E-state index in [0.29, 0.717) is 5.02 Å². The third kappa shape index (κ3) is 2.63. The number of nitrogens with one attached hydrogen (secondary N) is 2. The van der Waals surface area contributed by atoms with Gasteiger partial charge in [-0.3, -0.25) is 0 Å². The van der Waals surface area contributed by atoms with Crippen LogP contribution >= 0.6 is 11.6 Å². The molecule has 0 atom stereocenters. The number of aryl methyl sites for hydroxylation is 1.